The molecule has 1 aliphatic rings. The fourth-order valence-electron chi connectivity index (χ4n) is 3.00. The molecular formula is C19H21NO5S. The van der Waals surface area contributed by atoms with Crippen LogP contribution in [0.4, 0.5) is 0 Å². The molecule has 26 heavy (non-hydrogen) atoms. The Balaban J connectivity index is 1.98. The van der Waals surface area contributed by atoms with E-state index in [1.54, 1.807) is 32.9 Å². The van der Waals surface area contributed by atoms with Crippen molar-refractivity contribution in [1.29, 1.82) is 0 Å². The van der Waals surface area contributed by atoms with Crippen LogP contribution in [0.15, 0.2) is 38.5 Å². The Labute approximate surface area is 155 Å². The van der Waals surface area contributed by atoms with Gasteiger partial charge in [-0.3, -0.25) is 4.99 Å². The zero-order valence-electron chi connectivity index (χ0n) is 14.9. The van der Waals surface area contributed by atoms with E-state index in [0.717, 1.165) is 22.8 Å². The van der Waals surface area contributed by atoms with Crippen LogP contribution < -0.4 is 15.1 Å². The van der Waals surface area contributed by atoms with Crippen molar-refractivity contribution >= 4 is 17.5 Å². The van der Waals surface area contributed by atoms with Gasteiger partial charge in [0.15, 0.2) is 0 Å². The Morgan fingerprint density at radius 1 is 1.27 bits per heavy atom. The number of hydrogen-bond acceptors (Lipinski definition) is 7. The van der Waals surface area contributed by atoms with E-state index in [1.165, 1.54) is 6.07 Å². The molecule has 0 fully saturated rings. The predicted molar refractivity (Wildman–Crippen MR) is 102 cm³/mol. The van der Waals surface area contributed by atoms with Crippen molar-refractivity contribution in [1.82, 2.24) is 0 Å². The summed E-state index contributed by atoms with van der Waals surface area (Å²) in [5.41, 5.74) is 1.15. The summed E-state index contributed by atoms with van der Waals surface area (Å²) in [6.07, 6.45) is 0.495. The van der Waals surface area contributed by atoms with E-state index in [-0.39, 0.29) is 16.6 Å². The lowest BCUT2D eigenvalue weighted by atomic mass is 10.0. The van der Waals surface area contributed by atoms with E-state index < -0.39 is 5.63 Å². The van der Waals surface area contributed by atoms with Crippen molar-refractivity contribution in [2.24, 2.45) is 4.99 Å². The lowest BCUT2D eigenvalue weighted by Gasteiger charge is -2.19. The maximum atomic E-state index is 12.3. The van der Waals surface area contributed by atoms with Crippen molar-refractivity contribution in [2.45, 2.75) is 18.6 Å². The third-order valence-electron chi connectivity index (χ3n) is 4.22. The highest BCUT2D eigenvalue weighted by Crippen LogP contribution is 2.41. The van der Waals surface area contributed by atoms with Crippen molar-refractivity contribution in [3.8, 4) is 17.2 Å². The van der Waals surface area contributed by atoms with Gasteiger partial charge in [-0.2, -0.15) is 11.8 Å². The van der Waals surface area contributed by atoms with Crippen LogP contribution in [0.1, 0.15) is 28.6 Å². The van der Waals surface area contributed by atoms with Crippen LogP contribution in [0.3, 0.4) is 0 Å². The summed E-state index contributed by atoms with van der Waals surface area (Å²) < 4.78 is 15.9. The summed E-state index contributed by atoms with van der Waals surface area (Å²) >= 11 is 1.74. The topological polar surface area (TPSA) is 81.3 Å². The lowest BCUT2D eigenvalue weighted by Crippen LogP contribution is -2.17. The van der Waals surface area contributed by atoms with Crippen molar-refractivity contribution in [3.63, 3.8) is 0 Å². The van der Waals surface area contributed by atoms with E-state index in [1.807, 2.05) is 18.2 Å². The molecule has 3 rings (SSSR count). The molecule has 138 valence electrons. The maximum absolute atomic E-state index is 12.3. The SMILES string of the molecule is COc1ccc([C@H]2CC(c3c(O)cc(C)oc3=O)=NCCS2)c(OC)c1. The first-order valence-electron chi connectivity index (χ1n) is 8.24. The monoisotopic (exact) mass is 375 g/mol. The van der Waals surface area contributed by atoms with Gasteiger partial charge in [-0.15, -0.1) is 0 Å². The van der Waals surface area contributed by atoms with Crippen LogP contribution in [0.5, 0.6) is 17.2 Å². The Morgan fingerprint density at radius 2 is 2.08 bits per heavy atom. The van der Waals surface area contributed by atoms with Gasteiger partial charge in [0.05, 0.1) is 19.9 Å². The third kappa shape index (κ3) is 3.72. The van der Waals surface area contributed by atoms with E-state index in [9.17, 15) is 9.90 Å². The molecule has 0 radical (unpaired) electrons. The molecule has 1 aromatic carbocycles. The average Bonchev–Trinajstić information content (AvgIpc) is 2.86. The largest absolute Gasteiger partial charge is 0.507 e. The highest BCUT2D eigenvalue weighted by molar-refractivity contribution is 7.99. The van der Waals surface area contributed by atoms with Crippen molar-refractivity contribution in [2.75, 3.05) is 26.5 Å². The first-order valence-corrected chi connectivity index (χ1v) is 9.29. The Bertz CT molecular complexity index is 890. The molecule has 0 bridgehead atoms. The highest BCUT2D eigenvalue weighted by Gasteiger charge is 2.26. The zero-order chi connectivity index (χ0) is 18.7. The third-order valence-corrected chi connectivity index (χ3v) is 5.46. The first-order chi connectivity index (χ1) is 12.5. The summed E-state index contributed by atoms with van der Waals surface area (Å²) in [4.78, 5) is 16.8. The minimum atomic E-state index is -0.561. The number of methoxy groups -OCH3 is 2. The second-order valence-corrected chi connectivity index (χ2v) is 7.22. The van der Waals surface area contributed by atoms with Gasteiger partial charge in [0.25, 0.3) is 0 Å². The van der Waals surface area contributed by atoms with Gasteiger partial charge < -0.3 is 19.0 Å². The zero-order valence-corrected chi connectivity index (χ0v) is 15.8. The molecule has 1 N–H and O–H groups in total. The maximum Gasteiger partial charge on any atom is 0.348 e. The molecule has 1 atom stereocenters. The summed E-state index contributed by atoms with van der Waals surface area (Å²) in [5.74, 6) is 2.53. The molecule has 2 heterocycles. The fraction of sp³-hybridized carbons (Fsp3) is 0.368. The van der Waals surface area contributed by atoms with Crippen LogP contribution in [-0.2, 0) is 0 Å². The fourth-order valence-corrected chi connectivity index (χ4v) is 4.13. The number of hydrogen-bond donors (Lipinski definition) is 1. The molecule has 0 saturated carbocycles. The minimum Gasteiger partial charge on any atom is -0.507 e. The Hall–Kier alpha value is -2.41. The van der Waals surface area contributed by atoms with Crippen molar-refractivity contribution < 1.29 is 19.0 Å². The van der Waals surface area contributed by atoms with Crippen LogP contribution >= 0.6 is 11.8 Å². The number of aliphatic imine (C=N–C) groups is 1. The Kier molecular flexibility index (Phi) is 5.56. The smallest absolute Gasteiger partial charge is 0.348 e. The Morgan fingerprint density at radius 3 is 2.77 bits per heavy atom. The number of aromatic hydroxyl groups is 1. The molecule has 1 aromatic heterocycles. The molecule has 0 aliphatic carbocycles. The van der Waals surface area contributed by atoms with Gasteiger partial charge in [0.2, 0.25) is 0 Å². The van der Waals surface area contributed by atoms with Crippen LogP contribution in [0, 0.1) is 6.92 Å². The molecule has 6 nitrogen and oxygen atoms in total. The van der Waals surface area contributed by atoms with Crippen LogP contribution in [0.25, 0.3) is 0 Å². The molecule has 2 aromatic rings. The van der Waals surface area contributed by atoms with Gasteiger partial charge in [-0.05, 0) is 13.0 Å². The number of nitrogens with zero attached hydrogens (tertiary/aromatic N) is 1. The van der Waals surface area contributed by atoms with Crippen molar-refractivity contribution in [3.05, 3.63) is 51.6 Å². The standard InChI is InChI=1S/C19H21NO5S/c1-11-8-15(21)18(19(22)25-11)14-10-17(26-7-6-20-14)13-5-4-12(23-2)9-16(13)24-3/h4-5,8-9,17,21H,6-7,10H2,1-3H3/t17-/m1/s1. The summed E-state index contributed by atoms with van der Waals surface area (Å²) in [5, 5.41) is 10.3. The molecule has 0 saturated heterocycles. The van der Waals surface area contributed by atoms with Crippen LogP contribution in [0.2, 0.25) is 0 Å². The molecular weight excluding hydrogens is 354 g/mol. The number of rotatable bonds is 4. The number of thioether (sulfide) groups is 1. The summed E-state index contributed by atoms with van der Waals surface area (Å²) in [6, 6.07) is 7.14. The predicted octanol–water partition coefficient (Wildman–Crippen LogP) is 3.34. The van der Waals surface area contributed by atoms with E-state index in [4.69, 9.17) is 13.9 Å². The summed E-state index contributed by atoms with van der Waals surface area (Å²) in [6.45, 7) is 2.20. The minimum absolute atomic E-state index is 0.0391. The molecule has 7 heteroatoms. The molecule has 1 aliphatic heterocycles. The number of benzene rings is 1. The van der Waals surface area contributed by atoms with Gasteiger partial charge in [0, 0.05) is 41.7 Å². The highest BCUT2D eigenvalue weighted by atomic mass is 32.2. The second kappa shape index (κ2) is 7.86. The normalized spacial score (nSPS) is 17.3. The number of aryl methyl sites for hydroxylation is 1. The van der Waals surface area contributed by atoms with Gasteiger partial charge >= 0.3 is 5.63 Å². The van der Waals surface area contributed by atoms with Gasteiger partial charge in [0.1, 0.15) is 28.6 Å². The quantitative estimate of drug-likeness (QED) is 0.883. The molecule has 0 amide bonds. The summed E-state index contributed by atoms with van der Waals surface area (Å²) in [7, 11) is 3.23. The van der Waals surface area contributed by atoms with E-state index in [0.29, 0.717) is 24.4 Å². The molecule has 0 spiro atoms. The second-order valence-electron chi connectivity index (χ2n) is 5.90. The number of ether oxygens (including phenoxy) is 2. The molecule has 0 unspecified atom stereocenters. The van der Waals surface area contributed by atoms with Crippen LogP contribution in [-0.4, -0.2) is 37.3 Å². The average molecular weight is 375 g/mol. The van der Waals surface area contributed by atoms with E-state index in [2.05, 4.69) is 4.99 Å². The van der Waals surface area contributed by atoms with E-state index >= 15 is 0 Å². The lowest BCUT2D eigenvalue weighted by molar-refractivity contribution is 0.391. The van der Waals surface area contributed by atoms with Gasteiger partial charge in [-0.25, -0.2) is 4.79 Å². The first kappa shape index (κ1) is 18.4. The van der Waals surface area contributed by atoms with Gasteiger partial charge in [-0.1, -0.05) is 6.07 Å².